The van der Waals surface area contributed by atoms with Gasteiger partial charge >= 0.3 is 0 Å². The maximum absolute atomic E-state index is 13.6. The van der Waals surface area contributed by atoms with Crippen LogP contribution in [0.3, 0.4) is 0 Å². The molecule has 49 heavy (non-hydrogen) atoms. The molecule has 9 heteroatoms. The number of amides is 1. The average Bonchev–Trinajstić information content (AvgIpc) is 3.38. The number of ether oxygens (including phenoxy) is 1. The largest absolute Gasteiger partial charge is 0.495 e. The van der Waals surface area contributed by atoms with Crippen LogP contribution in [-0.2, 0) is 10.0 Å². The van der Waals surface area contributed by atoms with E-state index >= 15 is 0 Å². The van der Waals surface area contributed by atoms with Gasteiger partial charge in [-0.25, -0.2) is 8.42 Å². The summed E-state index contributed by atoms with van der Waals surface area (Å²) in [7, 11) is -2.22. The van der Waals surface area contributed by atoms with Crippen molar-refractivity contribution in [1.82, 2.24) is 9.88 Å². The summed E-state index contributed by atoms with van der Waals surface area (Å²) in [6.07, 6.45) is 24.6. The molecule has 0 spiro atoms. The van der Waals surface area contributed by atoms with Crippen LogP contribution in [0.5, 0.6) is 5.75 Å². The lowest BCUT2D eigenvalue weighted by Gasteiger charge is -2.26. The fourth-order valence-electron chi connectivity index (χ4n) is 5.86. The highest BCUT2D eigenvalue weighted by molar-refractivity contribution is 7.93. The zero-order valence-corrected chi connectivity index (χ0v) is 28.1. The van der Waals surface area contributed by atoms with Gasteiger partial charge in [0, 0.05) is 49.0 Å². The van der Waals surface area contributed by atoms with Gasteiger partial charge in [0.1, 0.15) is 10.6 Å². The number of carbonyl (C=O) groups excluding carboxylic acids is 1. The van der Waals surface area contributed by atoms with Crippen molar-refractivity contribution in [2.75, 3.05) is 42.9 Å². The van der Waals surface area contributed by atoms with Crippen LogP contribution in [0, 0.1) is 0 Å². The molecule has 0 saturated carbocycles. The van der Waals surface area contributed by atoms with Crippen molar-refractivity contribution in [1.29, 1.82) is 0 Å². The fraction of sp³-hybridized carbons (Fsp3) is 0.150. The second-order valence-electron chi connectivity index (χ2n) is 11.6. The monoisotopic (exact) mass is 670 g/mol. The first kappa shape index (κ1) is 33.2. The molecular formula is C40H38N4O4S. The molecule has 0 bridgehead atoms. The molecule has 3 aromatic carbocycles. The van der Waals surface area contributed by atoms with E-state index in [1.165, 1.54) is 6.07 Å². The van der Waals surface area contributed by atoms with Gasteiger partial charge in [-0.1, -0.05) is 91.1 Å². The molecule has 1 fully saturated rings. The summed E-state index contributed by atoms with van der Waals surface area (Å²) in [4.78, 5) is 22.1. The van der Waals surface area contributed by atoms with Crippen molar-refractivity contribution in [2.45, 2.75) is 11.3 Å². The Morgan fingerprint density at radius 2 is 1.53 bits per heavy atom. The molecule has 2 aliphatic rings. The van der Waals surface area contributed by atoms with E-state index in [-0.39, 0.29) is 10.8 Å². The average molecular weight is 671 g/mol. The van der Waals surface area contributed by atoms with E-state index in [0.717, 1.165) is 40.9 Å². The Hall–Kier alpha value is -5.67. The van der Waals surface area contributed by atoms with E-state index in [9.17, 15) is 13.2 Å². The molecule has 2 heterocycles. The highest BCUT2D eigenvalue weighted by Crippen LogP contribution is 2.33. The fourth-order valence-corrected chi connectivity index (χ4v) is 7.10. The molecule has 0 radical (unpaired) electrons. The van der Waals surface area contributed by atoms with Gasteiger partial charge < -0.3 is 14.5 Å². The predicted octanol–water partition coefficient (Wildman–Crippen LogP) is 7.57. The van der Waals surface area contributed by atoms with Crippen LogP contribution in [0.25, 0.3) is 16.5 Å². The Morgan fingerprint density at radius 3 is 2.31 bits per heavy atom. The van der Waals surface area contributed by atoms with Crippen LogP contribution in [0.15, 0.2) is 151 Å². The summed E-state index contributed by atoms with van der Waals surface area (Å²) in [5.74, 6) is 0.685. The zero-order chi connectivity index (χ0) is 34.1. The minimum atomic E-state index is -3.90. The molecule has 1 aliphatic heterocycles. The number of hydrogen-bond acceptors (Lipinski definition) is 6. The Labute approximate surface area is 287 Å². The number of pyridine rings is 1. The topological polar surface area (TPSA) is 91.8 Å². The van der Waals surface area contributed by atoms with Crippen molar-refractivity contribution < 1.29 is 17.9 Å². The number of methoxy groups -OCH3 is 1. The van der Waals surface area contributed by atoms with Crippen LogP contribution in [0.4, 0.5) is 11.4 Å². The number of anilines is 2. The molecule has 0 atom stereocenters. The first-order valence-corrected chi connectivity index (χ1v) is 17.7. The number of aromatic nitrogens is 1. The molecule has 1 saturated heterocycles. The summed E-state index contributed by atoms with van der Waals surface area (Å²) >= 11 is 0. The van der Waals surface area contributed by atoms with Gasteiger partial charge in [-0.2, -0.15) is 0 Å². The van der Waals surface area contributed by atoms with E-state index in [1.54, 1.807) is 49.7 Å². The summed E-state index contributed by atoms with van der Waals surface area (Å²) < 4.78 is 34.9. The summed E-state index contributed by atoms with van der Waals surface area (Å²) in [6.45, 7) is 2.54. The van der Waals surface area contributed by atoms with Crippen molar-refractivity contribution >= 4 is 43.8 Å². The number of allylic oxidation sites excluding steroid dienone is 12. The minimum Gasteiger partial charge on any atom is -0.495 e. The second-order valence-corrected chi connectivity index (χ2v) is 13.2. The van der Waals surface area contributed by atoms with Gasteiger partial charge in [0.15, 0.2) is 0 Å². The van der Waals surface area contributed by atoms with Crippen LogP contribution >= 0.6 is 0 Å². The van der Waals surface area contributed by atoms with Crippen molar-refractivity contribution in [3.63, 3.8) is 0 Å². The molecular weight excluding hydrogens is 633 g/mol. The number of sulfonamides is 1. The Bertz CT molecular complexity index is 2110. The van der Waals surface area contributed by atoms with Crippen molar-refractivity contribution in [2.24, 2.45) is 0 Å². The lowest BCUT2D eigenvalue weighted by molar-refractivity contribution is 0.0767. The van der Waals surface area contributed by atoms with E-state index in [4.69, 9.17) is 4.74 Å². The first-order chi connectivity index (χ1) is 23.9. The maximum atomic E-state index is 13.6. The van der Waals surface area contributed by atoms with Crippen LogP contribution in [0.2, 0.25) is 0 Å². The standard InChI is InChI=1S/C40H38N4O4S/c1-48-37-24-21-34(31-14-9-7-5-3-2-4-6-8-10-15-31)30-36(37)43-26-13-27-44(29-28-43)40(45)33-19-22-35(23-20-33)42-49(46,47)38-18-11-16-32-17-12-25-41-39(32)38/h2-12,14-25,30,42H,13,26-29H2,1H3/b3-2-,4-2?,5-3?,6-4+,7-5-,8-6?,9-7?,10-8-,14-9-,15-10?,31-14?,31-15-. The highest BCUT2D eigenvalue weighted by atomic mass is 32.2. The summed E-state index contributed by atoms with van der Waals surface area (Å²) in [5.41, 5.74) is 4.37. The molecule has 248 valence electrons. The van der Waals surface area contributed by atoms with Gasteiger partial charge in [-0.3, -0.25) is 14.5 Å². The molecule has 1 aliphatic carbocycles. The summed E-state index contributed by atoms with van der Waals surface area (Å²) in [6, 6.07) is 21.4. The third-order valence-electron chi connectivity index (χ3n) is 8.35. The quantitative estimate of drug-likeness (QED) is 0.218. The molecule has 1 amide bonds. The zero-order valence-electron chi connectivity index (χ0n) is 27.3. The number of hydrogen-bond donors (Lipinski definition) is 1. The third kappa shape index (κ3) is 8.08. The van der Waals surface area contributed by atoms with Crippen molar-refractivity contribution in [3.05, 3.63) is 157 Å². The number of nitrogens with one attached hydrogen (secondary N) is 1. The van der Waals surface area contributed by atoms with E-state index in [1.807, 2.05) is 77.8 Å². The Morgan fingerprint density at radius 1 is 0.796 bits per heavy atom. The van der Waals surface area contributed by atoms with Crippen LogP contribution in [0.1, 0.15) is 22.3 Å². The Kier molecular flexibility index (Phi) is 10.5. The minimum absolute atomic E-state index is 0.0949. The maximum Gasteiger partial charge on any atom is 0.264 e. The number of nitrogens with zero attached hydrogens (tertiary/aromatic N) is 3. The highest BCUT2D eigenvalue weighted by Gasteiger charge is 2.23. The first-order valence-electron chi connectivity index (χ1n) is 16.2. The molecule has 1 N–H and O–H groups in total. The normalized spacial score (nSPS) is 19.7. The van der Waals surface area contributed by atoms with Gasteiger partial charge in [-0.15, -0.1) is 0 Å². The molecule has 8 nitrogen and oxygen atoms in total. The van der Waals surface area contributed by atoms with Crippen LogP contribution < -0.4 is 14.4 Å². The smallest absolute Gasteiger partial charge is 0.264 e. The van der Waals surface area contributed by atoms with Gasteiger partial charge in [0.25, 0.3) is 15.9 Å². The van der Waals surface area contributed by atoms with E-state index in [2.05, 4.69) is 38.9 Å². The van der Waals surface area contributed by atoms with Crippen molar-refractivity contribution in [3.8, 4) is 5.75 Å². The number of carbonyl (C=O) groups is 1. The summed E-state index contributed by atoms with van der Waals surface area (Å²) in [5, 5.41) is 0.736. The molecule has 0 unspecified atom stereocenters. The Balaban J connectivity index is 1.15. The second kappa shape index (κ2) is 15.5. The van der Waals surface area contributed by atoms with Gasteiger partial charge in [0.05, 0.1) is 18.3 Å². The SMILES string of the molecule is COc1ccc(C2=C\C=C/C=C/C=C\C=C/C=C\2)cc1N1CCCN(C(=O)c2ccc(NS(=O)(=O)c3cccc4cccnc34)cc2)CC1. The van der Waals surface area contributed by atoms with Gasteiger partial charge in [0.2, 0.25) is 0 Å². The predicted molar refractivity (Wildman–Crippen MR) is 198 cm³/mol. The number of benzene rings is 3. The molecule has 1 aromatic heterocycles. The molecule has 6 rings (SSSR count). The lowest BCUT2D eigenvalue weighted by atomic mass is 10.0. The third-order valence-corrected chi connectivity index (χ3v) is 9.76. The number of para-hydroxylation sites is 1. The number of rotatable bonds is 7. The molecule has 4 aromatic rings. The van der Waals surface area contributed by atoms with E-state index < -0.39 is 10.0 Å². The lowest BCUT2D eigenvalue weighted by Crippen LogP contribution is -2.35. The van der Waals surface area contributed by atoms with E-state index in [0.29, 0.717) is 36.4 Å². The van der Waals surface area contributed by atoms with Gasteiger partial charge in [-0.05, 0) is 66.1 Å². The van der Waals surface area contributed by atoms with Crippen LogP contribution in [-0.4, -0.2) is 57.5 Å². The number of fused-ring (bicyclic) bond motifs is 1.